The van der Waals surface area contributed by atoms with Gasteiger partial charge in [0.1, 0.15) is 29.6 Å². The van der Waals surface area contributed by atoms with Gasteiger partial charge in [0.05, 0.1) is 6.61 Å². The van der Waals surface area contributed by atoms with Gasteiger partial charge in [0.25, 0.3) is 5.56 Å². The fourth-order valence-electron chi connectivity index (χ4n) is 2.91. The smallest absolute Gasteiger partial charge is 0.342 e. The second-order valence-electron chi connectivity index (χ2n) is 6.34. The quantitative estimate of drug-likeness (QED) is 0.592. The van der Waals surface area contributed by atoms with Gasteiger partial charge in [-0.15, -0.1) is 0 Å². The van der Waals surface area contributed by atoms with E-state index in [4.69, 9.17) is 20.8 Å². The number of rotatable bonds is 7. The molecule has 0 saturated heterocycles. The van der Waals surface area contributed by atoms with Crippen molar-refractivity contribution in [3.8, 4) is 0 Å². The number of nitrogens with zero attached hydrogens (tertiary/aromatic N) is 2. The van der Waals surface area contributed by atoms with Crippen LogP contribution in [0.2, 0.25) is 5.02 Å². The summed E-state index contributed by atoms with van der Waals surface area (Å²) in [6, 6.07) is 7.34. The molecule has 3 rings (SSSR count). The van der Waals surface area contributed by atoms with Gasteiger partial charge in [-0.1, -0.05) is 23.7 Å². The van der Waals surface area contributed by atoms with E-state index in [0.29, 0.717) is 18.0 Å². The second-order valence-corrected chi connectivity index (χ2v) is 6.77. The molecular weight excluding hydrogens is 398 g/mol. The molecule has 3 aromatic rings. The lowest BCUT2D eigenvalue weighted by atomic mass is 10.1. The minimum atomic E-state index is -0.659. The standard InChI is InChI=1S/C20H20ClN3O5/c1-3-28-20(27)16-12(2)29-18-17(16)19(26)24(11-23-18)10-15(25)22-9-8-13-4-6-14(21)7-5-13/h4-7,11H,3,8-10H2,1-2H3,(H,22,25). The molecule has 0 fully saturated rings. The van der Waals surface area contributed by atoms with Gasteiger partial charge in [0.15, 0.2) is 0 Å². The summed E-state index contributed by atoms with van der Waals surface area (Å²) in [5.41, 5.74) is 0.567. The minimum Gasteiger partial charge on any atom is -0.462 e. The number of aryl methyl sites for hydroxylation is 1. The Morgan fingerprint density at radius 3 is 2.69 bits per heavy atom. The summed E-state index contributed by atoms with van der Waals surface area (Å²) >= 11 is 5.85. The summed E-state index contributed by atoms with van der Waals surface area (Å²) in [7, 11) is 0. The number of carbonyl (C=O) groups excluding carboxylic acids is 2. The molecule has 0 aliphatic rings. The maximum atomic E-state index is 12.8. The second kappa shape index (κ2) is 8.91. The predicted molar refractivity (Wildman–Crippen MR) is 107 cm³/mol. The molecule has 0 bridgehead atoms. The topological polar surface area (TPSA) is 103 Å². The van der Waals surface area contributed by atoms with Crippen LogP contribution < -0.4 is 10.9 Å². The fourth-order valence-corrected chi connectivity index (χ4v) is 3.03. The maximum Gasteiger partial charge on any atom is 0.342 e. The first-order valence-electron chi connectivity index (χ1n) is 9.07. The van der Waals surface area contributed by atoms with E-state index in [1.165, 1.54) is 6.33 Å². The fraction of sp³-hybridized carbons (Fsp3) is 0.300. The molecule has 29 heavy (non-hydrogen) atoms. The summed E-state index contributed by atoms with van der Waals surface area (Å²) in [6.07, 6.45) is 1.85. The zero-order valence-electron chi connectivity index (χ0n) is 16.0. The largest absolute Gasteiger partial charge is 0.462 e. The SMILES string of the molecule is CCOC(=O)c1c(C)oc2ncn(CC(=O)NCCc3ccc(Cl)cc3)c(=O)c12. The predicted octanol–water partition coefficient (Wildman–Crippen LogP) is 2.49. The Morgan fingerprint density at radius 1 is 1.28 bits per heavy atom. The van der Waals surface area contributed by atoms with Crippen molar-refractivity contribution in [3.05, 3.63) is 62.9 Å². The Balaban J connectivity index is 1.72. The highest BCUT2D eigenvalue weighted by Crippen LogP contribution is 2.21. The number of hydrogen-bond donors (Lipinski definition) is 1. The maximum absolute atomic E-state index is 12.8. The van der Waals surface area contributed by atoms with Crippen LogP contribution in [-0.2, 0) is 22.5 Å². The number of nitrogens with one attached hydrogen (secondary N) is 1. The van der Waals surface area contributed by atoms with Crippen molar-refractivity contribution in [2.75, 3.05) is 13.2 Å². The van der Waals surface area contributed by atoms with Gasteiger partial charge < -0.3 is 14.5 Å². The molecule has 0 atom stereocenters. The third-order valence-corrected chi connectivity index (χ3v) is 4.55. The third kappa shape index (κ3) is 4.65. The normalized spacial score (nSPS) is 10.9. The lowest BCUT2D eigenvalue weighted by Gasteiger charge is -2.07. The van der Waals surface area contributed by atoms with E-state index in [2.05, 4.69) is 10.3 Å². The van der Waals surface area contributed by atoms with Crippen molar-refractivity contribution in [2.24, 2.45) is 0 Å². The Kier molecular flexibility index (Phi) is 6.33. The van der Waals surface area contributed by atoms with E-state index in [-0.39, 0.29) is 41.5 Å². The number of amides is 1. The highest BCUT2D eigenvalue weighted by molar-refractivity contribution is 6.30. The molecule has 2 aromatic heterocycles. The van der Waals surface area contributed by atoms with E-state index in [1.54, 1.807) is 26.0 Å². The van der Waals surface area contributed by atoms with Crippen molar-refractivity contribution < 1.29 is 18.7 Å². The van der Waals surface area contributed by atoms with Crippen LogP contribution in [0.15, 0.2) is 39.8 Å². The zero-order valence-corrected chi connectivity index (χ0v) is 16.8. The number of benzene rings is 1. The Morgan fingerprint density at radius 2 is 2.00 bits per heavy atom. The van der Waals surface area contributed by atoms with E-state index in [0.717, 1.165) is 10.1 Å². The molecule has 152 valence electrons. The van der Waals surface area contributed by atoms with Gasteiger partial charge in [0.2, 0.25) is 11.6 Å². The van der Waals surface area contributed by atoms with Crippen molar-refractivity contribution in [1.82, 2.24) is 14.9 Å². The molecule has 9 heteroatoms. The highest BCUT2D eigenvalue weighted by atomic mass is 35.5. The zero-order chi connectivity index (χ0) is 21.0. The average Bonchev–Trinajstić information content (AvgIpc) is 3.03. The van der Waals surface area contributed by atoms with Gasteiger partial charge >= 0.3 is 5.97 Å². The van der Waals surface area contributed by atoms with Crippen LogP contribution in [0.25, 0.3) is 11.1 Å². The van der Waals surface area contributed by atoms with Gasteiger partial charge in [-0.2, -0.15) is 0 Å². The molecule has 0 radical (unpaired) electrons. The van der Waals surface area contributed by atoms with E-state index >= 15 is 0 Å². The van der Waals surface area contributed by atoms with E-state index in [9.17, 15) is 14.4 Å². The molecule has 0 saturated carbocycles. The Labute approximate surface area is 171 Å². The van der Waals surface area contributed by atoms with Crippen LogP contribution in [0.4, 0.5) is 0 Å². The first kappa shape index (κ1) is 20.6. The van der Waals surface area contributed by atoms with E-state index < -0.39 is 11.5 Å². The lowest BCUT2D eigenvalue weighted by molar-refractivity contribution is -0.121. The monoisotopic (exact) mass is 417 g/mol. The average molecular weight is 418 g/mol. The minimum absolute atomic E-state index is 0.0115. The van der Waals surface area contributed by atoms with Crippen molar-refractivity contribution in [3.63, 3.8) is 0 Å². The number of furan rings is 1. The van der Waals surface area contributed by atoms with Crippen molar-refractivity contribution >= 4 is 34.6 Å². The van der Waals surface area contributed by atoms with Gasteiger partial charge in [-0.05, 0) is 38.0 Å². The summed E-state index contributed by atoms with van der Waals surface area (Å²) < 4.78 is 11.5. The molecule has 0 aliphatic heterocycles. The lowest BCUT2D eigenvalue weighted by Crippen LogP contribution is -2.33. The van der Waals surface area contributed by atoms with E-state index in [1.807, 2.05) is 12.1 Å². The molecule has 0 unspecified atom stereocenters. The molecule has 8 nitrogen and oxygen atoms in total. The number of fused-ring (bicyclic) bond motifs is 1. The van der Waals surface area contributed by atoms with Crippen LogP contribution in [-0.4, -0.2) is 34.6 Å². The summed E-state index contributed by atoms with van der Waals surface area (Å²) in [5.74, 6) is -0.763. The molecule has 1 N–H and O–H groups in total. The molecule has 1 aromatic carbocycles. The van der Waals surface area contributed by atoms with Crippen LogP contribution in [0.1, 0.15) is 28.6 Å². The molecule has 2 heterocycles. The van der Waals surface area contributed by atoms with Gasteiger partial charge in [0, 0.05) is 11.6 Å². The first-order valence-corrected chi connectivity index (χ1v) is 9.45. The van der Waals surface area contributed by atoms with Crippen LogP contribution in [0, 0.1) is 6.92 Å². The number of carbonyl (C=O) groups is 2. The molecular formula is C20H20ClN3O5. The number of hydrogen-bond acceptors (Lipinski definition) is 6. The van der Waals surface area contributed by atoms with Crippen LogP contribution in [0.3, 0.4) is 0 Å². The van der Waals surface area contributed by atoms with Crippen LogP contribution >= 0.6 is 11.6 Å². The van der Waals surface area contributed by atoms with Gasteiger partial charge in [-0.25, -0.2) is 9.78 Å². The Bertz CT molecular complexity index is 1100. The molecule has 0 aliphatic carbocycles. The van der Waals surface area contributed by atoms with Crippen molar-refractivity contribution in [2.45, 2.75) is 26.8 Å². The third-order valence-electron chi connectivity index (χ3n) is 4.30. The number of ether oxygens (including phenoxy) is 1. The van der Waals surface area contributed by atoms with Gasteiger partial charge in [-0.3, -0.25) is 14.2 Å². The summed E-state index contributed by atoms with van der Waals surface area (Å²) in [4.78, 5) is 41.3. The highest BCUT2D eigenvalue weighted by Gasteiger charge is 2.24. The number of aromatic nitrogens is 2. The first-order chi connectivity index (χ1) is 13.9. The molecule has 0 spiro atoms. The molecule has 1 amide bonds. The summed E-state index contributed by atoms with van der Waals surface area (Å²) in [6.45, 7) is 3.57. The summed E-state index contributed by atoms with van der Waals surface area (Å²) in [5, 5.41) is 3.42. The number of halogens is 1. The van der Waals surface area contributed by atoms with Crippen molar-refractivity contribution in [1.29, 1.82) is 0 Å². The Hall–Kier alpha value is -3.13. The van der Waals surface area contributed by atoms with Crippen LogP contribution in [0.5, 0.6) is 0 Å². The number of esters is 1.